The van der Waals surface area contributed by atoms with Crippen molar-refractivity contribution in [2.75, 3.05) is 24.5 Å². The highest BCUT2D eigenvalue weighted by molar-refractivity contribution is 9.10. The van der Waals surface area contributed by atoms with E-state index >= 15 is 0 Å². The number of hydrogen-bond donors (Lipinski definition) is 0. The molecule has 2 heterocycles. The van der Waals surface area contributed by atoms with Gasteiger partial charge in [0, 0.05) is 46.8 Å². The summed E-state index contributed by atoms with van der Waals surface area (Å²) >= 11 is 3.56. The van der Waals surface area contributed by atoms with Crippen LogP contribution in [0.1, 0.15) is 22.8 Å². The number of benzene rings is 3. The minimum absolute atomic E-state index is 0.0630. The second-order valence-electron chi connectivity index (χ2n) is 8.71. The Hall–Kier alpha value is -3.18. The fraction of sp³-hybridized carbons (Fsp3) is 0.214. The van der Waals surface area contributed by atoms with Crippen LogP contribution in [0.5, 0.6) is 0 Å². The van der Waals surface area contributed by atoms with Crippen molar-refractivity contribution < 1.29 is 4.79 Å². The summed E-state index contributed by atoms with van der Waals surface area (Å²) in [5, 5.41) is 0.877. The Labute approximate surface area is 203 Å². The Morgan fingerprint density at radius 2 is 1.73 bits per heavy atom. The number of aryl methyl sites for hydroxylation is 1. The quantitative estimate of drug-likeness (QED) is 0.330. The maximum atomic E-state index is 13.8. The minimum atomic E-state index is 0.0630. The minimum Gasteiger partial charge on any atom is -0.365 e. The van der Waals surface area contributed by atoms with Gasteiger partial charge in [-0.05, 0) is 50.2 Å². The molecule has 1 fully saturated rings. The summed E-state index contributed by atoms with van der Waals surface area (Å²) in [6.45, 7) is 6.48. The topological polar surface area (TPSA) is 36.4 Å². The number of rotatable bonds is 3. The molecule has 4 aromatic rings. The summed E-state index contributed by atoms with van der Waals surface area (Å²) in [6, 6.07) is 26.8. The second-order valence-corrected chi connectivity index (χ2v) is 9.63. The Morgan fingerprint density at radius 3 is 2.45 bits per heavy atom. The lowest BCUT2D eigenvalue weighted by Gasteiger charge is -2.41. The Kier molecular flexibility index (Phi) is 5.90. The summed E-state index contributed by atoms with van der Waals surface area (Å²) in [7, 11) is 0. The molecule has 33 heavy (non-hydrogen) atoms. The molecule has 1 aliphatic heterocycles. The van der Waals surface area contributed by atoms with Crippen molar-refractivity contribution in [3.05, 3.63) is 94.5 Å². The Balaban J connectivity index is 1.48. The van der Waals surface area contributed by atoms with Crippen LogP contribution in [0.15, 0.2) is 83.3 Å². The van der Waals surface area contributed by atoms with Crippen LogP contribution in [0, 0.1) is 6.92 Å². The molecule has 1 saturated heterocycles. The number of pyridine rings is 1. The lowest BCUT2D eigenvalue weighted by atomic mass is 10.0. The third kappa shape index (κ3) is 4.38. The van der Waals surface area contributed by atoms with E-state index in [4.69, 9.17) is 4.98 Å². The first kappa shape index (κ1) is 21.7. The molecule has 1 amide bonds. The lowest BCUT2D eigenvalue weighted by molar-refractivity contribution is 0.0728. The van der Waals surface area contributed by atoms with Crippen LogP contribution in [-0.2, 0) is 0 Å². The largest absolute Gasteiger partial charge is 0.365 e. The maximum Gasteiger partial charge on any atom is 0.254 e. The molecule has 0 spiro atoms. The van der Waals surface area contributed by atoms with Crippen molar-refractivity contribution in [1.82, 2.24) is 9.88 Å². The zero-order chi connectivity index (χ0) is 22.9. The predicted molar refractivity (Wildman–Crippen MR) is 139 cm³/mol. The smallest absolute Gasteiger partial charge is 0.254 e. The van der Waals surface area contributed by atoms with Crippen molar-refractivity contribution in [3.63, 3.8) is 0 Å². The molecule has 1 unspecified atom stereocenters. The average Bonchev–Trinajstić information content (AvgIpc) is 2.84. The number of amides is 1. The van der Waals surface area contributed by atoms with Crippen molar-refractivity contribution in [2.45, 2.75) is 19.9 Å². The molecule has 0 N–H and O–H groups in total. The van der Waals surface area contributed by atoms with Crippen LogP contribution in [-0.4, -0.2) is 41.5 Å². The van der Waals surface area contributed by atoms with Gasteiger partial charge in [0.1, 0.15) is 0 Å². The zero-order valence-corrected chi connectivity index (χ0v) is 20.4. The second kappa shape index (κ2) is 8.99. The van der Waals surface area contributed by atoms with Gasteiger partial charge in [0.2, 0.25) is 0 Å². The number of anilines is 1. The number of piperazine rings is 1. The fourth-order valence-electron chi connectivity index (χ4n) is 4.56. The van der Waals surface area contributed by atoms with Crippen LogP contribution < -0.4 is 4.90 Å². The highest BCUT2D eigenvalue weighted by Crippen LogP contribution is 2.29. The molecule has 1 atom stereocenters. The third-order valence-electron chi connectivity index (χ3n) is 6.35. The summed E-state index contributed by atoms with van der Waals surface area (Å²) in [4.78, 5) is 23.0. The first-order chi connectivity index (χ1) is 16.0. The molecule has 5 rings (SSSR count). The molecule has 1 aromatic heterocycles. The van der Waals surface area contributed by atoms with E-state index in [0.29, 0.717) is 18.7 Å². The monoisotopic (exact) mass is 499 g/mol. The first-order valence-electron chi connectivity index (χ1n) is 11.3. The Morgan fingerprint density at radius 1 is 0.970 bits per heavy atom. The Bertz CT molecular complexity index is 1300. The normalized spacial score (nSPS) is 16.3. The first-order valence-corrected chi connectivity index (χ1v) is 12.1. The van der Waals surface area contributed by atoms with Crippen molar-refractivity contribution in [1.29, 1.82) is 0 Å². The third-order valence-corrected chi connectivity index (χ3v) is 6.84. The highest BCUT2D eigenvalue weighted by Gasteiger charge is 2.28. The van der Waals surface area contributed by atoms with Gasteiger partial charge < -0.3 is 9.80 Å². The number of hydrogen-bond acceptors (Lipinski definition) is 3. The molecule has 4 nitrogen and oxygen atoms in total. The zero-order valence-electron chi connectivity index (χ0n) is 18.8. The van der Waals surface area contributed by atoms with E-state index in [1.807, 2.05) is 59.5 Å². The van der Waals surface area contributed by atoms with Gasteiger partial charge in [-0.15, -0.1) is 0 Å². The average molecular weight is 500 g/mol. The highest BCUT2D eigenvalue weighted by atomic mass is 79.9. The van der Waals surface area contributed by atoms with E-state index in [1.165, 1.54) is 11.3 Å². The SMILES string of the molecule is Cc1ccc(N2CCN(C(=O)c3cc(-c4ccccc4)nc4ccc(Br)cc34)CC2C)cc1. The van der Waals surface area contributed by atoms with Crippen LogP contribution in [0.4, 0.5) is 5.69 Å². The van der Waals surface area contributed by atoms with Crippen LogP contribution >= 0.6 is 15.9 Å². The van der Waals surface area contributed by atoms with E-state index in [9.17, 15) is 4.79 Å². The molecule has 0 bridgehead atoms. The summed E-state index contributed by atoms with van der Waals surface area (Å²) in [5.41, 5.74) is 5.83. The molecule has 5 heteroatoms. The van der Waals surface area contributed by atoms with Gasteiger partial charge in [0.05, 0.1) is 16.8 Å². The van der Waals surface area contributed by atoms with Crippen molar-refractivity contribution in [3.8, 4) is 11.3 Å². The fourth-order valence-corrected chi connectivity index (χ4v) is 4.93. The molecule has 0 radical (unpaired) electrons. The molecule has 0 aliphatic carbocycles. The molecule has 166 valence electrons. The van der Waals surface area contributed by atoms with E-state index in [-0.39, 0.29) is 11.9 Å². The van der Waals surface area contributed by atoms with E-state index in [1.54, 1.807) is 0 Å². The van der Waals surface area contributed by atoms with E-state index in [2.05, 4.69) is 58.9 Å². The molecule has 3 aromatic carbocycles. The van der Waals surface area contributed by atoms with Crippen LogP contribution in [0.3, 0.4) is 0 Å². The van der Waals surface area contributed by atoms with Gasteiger partial charge in [0.25, 0.3) is 5.91 Å². The standard InChI is InChI=1S/C28H26BrN3O/c1-19-8-11-23(12-9-19)32-15-14-31(18-20(32)2)28(33)25-17-27(21-6-4-3-5-7-21)30-26-13-10-22(29)16-24(25)26/h3-13,16-17,20H,14-15,18H2,1-2H3. The lowest BCUT2D eigenvalue weighted by Crippen LogP contribution is -2.53. The van der Waals surface area contributed by atoms with E-state index < -0.39 is 0 Å². The molecule has 1 aliphatic rings. The van der Waals surface area contributed by atoms with Gasteiger partial charge in [-0.25, -0.2) is 4.98 Å². The van der Waals surface area contributed by atoms with Gasteiger partial charge in [-0.1, -0.05) is 64.0 Å². The summed E-state index contributed by atoms with van der Waals surface area (Å²) < 4.78 is 0.941. The summed E-state index contributed by atoms with van der Waals surface area (Å²) in [6.07, 6.45) is 0. The number of carbonyl (C=O) groups is 1. The number of carbonyl (C=O) groups excluding carboxylic acids is 1. The van der Waals surface area contributed by atoms with Crippen LogP contribution in [0.2, 0.25) is 0 Å². The van der Waals surface area contributed by atoms with Gasteiger partial charge >= 0.3 is 0 Å². The molecular weight excluding hydrogens is 474 g/mol. The van der Waals surface area contributed by atoms with Crippen LogP contribution in [0.25, 0.3) is 22.2 Å². The maximum absolute atomic E-state index is 13.8. The predicted octanol–water partition coefficient (Wildman–Crippen LogP) is 6.32. The van der Waals surface area contributed by atoms with E-state index in [0.717, 1.165) is 33.2 Å². The van der Waals surface area contributed by atoms with Crippen molar-refractivity contribution in [2.24, 2.45) is 0 Å². The molecule has 0 saturated carbocycles. The molecular formula is C28H26BrN3O. The summed E-state index contributed by atoms with van der Waals surface area (Å²) in [5.74, 6) is 0.0630. The van der Waals surface area contributed by atoms with Gasteiger partial charge in [0.15, 0.2) is 0 Å². The van der Waals surface area contributed by atoms with Gasteiger partial charge in [-0.3, -0.25) is 4.79 Å². The number of fused-ring (bicyclic) bond motifs is 1. The number of aromatic nitrogens is 1. The number of halogens is 1. The number of nitrogens with zero attached hydrogens (tertiary/aromatic N) is 3. The van der Waals surface area contributed by atoms with Crippen molar-refractivity contribution >= 4 is 38.4 Å². The van der Waals surface area contributed by atoms with Gasteiger partial charge in [-0.2, -0.15) is 0 Å².